The molecule has 28 heavy (non-hydrogen) atoms. The van der Waals surface area contributed by atoms with E-state index in [-0.39, 0.29) is 24.2 Å². The Kier molecular flexibility index (Phi) is 11.5. The number of aryl methyl sites for hydroxylation is 1. The molecule has 0 aliphatic heterocycles. The average Bonchev–Trinajstić information content (AvgIpc) is 2.67. The maximum atomic E-state index is 11.8. The number of unbranched alkanes of at least 4 members (excludes halogenated alkanes) is 5. The van der Waals surface area contributed by atoms with Crippen molar-refractivity contribution in [3.63, 3.8) is 0 Å². The molecule has 0 aliphatic rings. The van der Waals surface area contributed by atoms with Crippen LogP contribution in [-0.4, -0.2) is 23.5 Å². The molecule has 0 unspecified atom stereocenters. The molecule has 0 bridgehead atoms. The Morgan fingerprint density at radius 2 is 1.54 bits per heavy atom. The molecule has 0 aliphatic carbocycles. The van der Waals surface area contributed by atoms with E-state index in [1.165, 1.54) is 6.07 Å². The van der Waals surface area contributed by atoms with E-state index in [0.717, 1.165) is 44.9 Å². The Morgan fingerprint density at radius 1 is 0.964 bits per heavy atom. The summed E-state index contributed by atoms with van der Waals surface area (Å²) in [7, 11) is 0. The van der Waals surface area contributed by atoms with Crippen LogP contribution in [0.4, 0.5) is 5.69 Å². The molecule has 7 heteroatoms. The fourth-order valence-electron chi connectivity index (χ4n) is 2.71. The molecule has 7 nitrogen and oxygen atoms in total. The predicted octanol–water partition coefficient (Wildman–Crippen LogP) is 5.02. The third-order valence-corrected chi connectivity index (χ3v) is 4.35. The van der Waals surface area contributed by atoms with Crippen molar-refractivity contribution in [2.45, 2.75) is 78.2 Å². The first kappa shape index (κ1) is 23.6. The van der Waals surface area contributed by atoms with Crippen molar-refractivity contribution in [3.8, 4) is 0 Å². The van der Waals surface area contributed by atoms with Crippen molar-refractivity contribution in [2.24, 2.45) is 0 Å². The van der Waals surface area contributed by atoms with Gasteiger partial charge in [-0.2, -0.15) is 0 Å². The highest BCUT2D eigenvalue weighted by Crippen LogP contribution is 2.20. The summed E-state index contributed by atoms with van der Waals surface area (Å²) in [4.78, 5) is 33.6. The van der Waals surface area contributed by atoms with Gasteiger partial charge >= 0.3 is 11.9 Å². The minimum Gasteiger partial charge on any atom is -0.466 e. The predicted molar refractivity (Wildman–Crippen MR) is 106 cm³/mol. The van der Waals surface area contributed by atoms with Crippen molar-refractivity contribution >= 4 is 17.6 Å². The molecule has 0 saturated carbocycles. The van der Waals surface area contributed by atoms with Crippen LogP contribution >= 0.6 is 0 Å². The summed E-state index contributed by atoms with van der Waals surface area (Å²) in [6.07, 6.45) is 7.23. The molecule has 0 atom stereocenters. The van der Waals surface area contributed by atoms with Crippen LogP contribution in [0.1, 0.15) is 75.8 Å². The lowest BCUT2D eigenvalue weighted by Gasteiger charge is -2.06. The highest BCUT2D eigenvalue weighted by atomic mass is 16.6. The molecule has 1 aromatic rings. The van der Waals surface area contributed by atoms with E-state index in [2.05, 4.69) is 0 Å². The first-order valence-electron chi connectivity index (χ1n) is 9.99. The van der Waals surface area contributed by atoms with Crippen LogP contribution < -0.4 is 0 Å². The van der Waals surface area contributed by atoms with Gasteiger partial charge in [0.25, 0.3) is 5.69 Å². The van der Waals surface area contributed by atoms with Gasteiger partial charge in [-0.3, -0.25) is 19.7 Å². The normalized spacial score (nSPS) is 10.5. The topological polar surface area (TPSA) is 95.7 Å². The standard InChI is InChI=1S/C21H31NO6/c1-3-14-27-20(23)10-8-6-4-5-7-9-11-21(24)28-16-18-13-12-17(2)19(15-18)22(25)26/h12-13,15H,3-11,14,16H2,1-2H3. The van der Waals surface area contributed by atoms with Crippen LogP contribution in [-0.2, 0) is 25.7 Å². The summed E-state index contributed by atoms with van der Waals surface area (Å²) in [6, 6.07) is 4.83. The van der Waals surface area contributed by atoms with Gasteiger partial charge in [0, 0.05) is 24.5 Å². The summed E-state index contributed by atoms with van der Waals surface area (Å²) >= 11 is 0. The lowest BCUT2D eigenvalue weighted by Crippen LogP contribution is -2.05. The number of rotatable bonds is 14. The molecule has 0 heterocycles. The number of nitro groups is 1. The molecule has 0 radical (unpaired) electrons. The second-order valence-electron chi connectivity index (χ2n) is 6.88. The Morgan fingerprint density at radius 3 is 2.11 bits per heavy atom. The van der Waals surface area contributed by atoms with Crippen molar-refractivity contribution < 1.29 is 24.0 Å². The summed E-state index contributed by atoms with van der Waals surface area (Å²) < 4.78 is 10.2. The first-order valence-corrected chi connectivity index (χ1v) is 9.99. The number of hydrogen-bond donors (Lipinski definition) is 0. The Hall–Kier alpha value is -2.44. The summed E-state index contributed by atoms with van der Waals surface area (Å²) in [5, 5.41) is 10.9. The number of ether oxygens (including phenoxy) is 2. The van der Waals surface area contributed by atoms with E-state index >= 15 is 0 Å². The van der Waals surface area contributed by atoms with Crippen LogP contribution in [0.15, 0.2) is 18.2 Å². The van der Waals surface area contributed by atoms with E-state index in [1.54, 1.807) is 19.1 Å². The van der Waals surface area contributed by atoms with Crippen LogP contribution in [0.25, 0.3) is 0 Å². The molecule has 156 valence electrons. The number of nitrogens with zero attached hydrogens (tertiary/aromatic N) is 1. The quantitative estimate of drug-likeness (QED) is 0.191. The monoisotopic (exact) mass is 393 g/mol. The van der Waals surface area contributed by atoms with Crippen molar-refractivity contribution in [1.29, 1.82) is 0 Å². The van der Waals surface area contributed by atoms with Gasteiger partial charge in [-0.15, -0.1) is 0 Å². The lowest BCUT2D eigenvalue weighted by atomic mass is 10.1. The SMILES string of the molecule is CCCOC(=O)CCCCCCCCC(=O)OCc1ccc(C)c([N+](=O)[O-])c1. The Balaban J connectivity index is 2.08. The average molecular weight is 393 g/mol. The van der Waals surface area contributed by atoms with Crippen LogP contribution in [0.5, 0.6) is 0 Å². The van der Waals surface area contributed by atoms with Gasteiger partial charge < -0.3 is 9.47 Å². The Labute approximate surface area is 166 Å². The van der Waals surface area contributed by atoms with Gasteiger partial charge in [0.1, 0.15) is 6.61 Å². The maximum Gasteiger partial charge on any atom is 0.306 e. The third-order valence-electron chi connectivity index (χ3n) is 4.35. The molecule has 1 aromatic carbocycles. The second kappa shape index (κ2) is 13.7. The van der Waals surface area contributed by atoms with Crippen LogP contribution in [0, 0.1) is 17.0 Å². The van der Waals surface area contributed by atoms with Gasteiger partial charge in [-0.05, 0) is 31.7 Å². The first-order chi connectivity index (χ1) is 13.4. The lowest BCUT2D eigenvalue weighted by molar-refractivity contribution is -0.385. The summed E-state index contributed by atoms with van der Waals surface area (Å²) in [5.41, 5.74) is 1.23. The van der Waals surface area contributed by atoms with Gasteiger partial charge in [0.05, 0.1) is 11.5 Å². The smallest absolute Gasteiger partial charge is 0.306 e. The molecule has 0 N–H and O–H groups in total. The van der Waals surface area contributed by atoms with E-state index < -0.39 is 4.92 Å². The highest BCUT2D eigenvalue weighted by Gasteiger charge is 2.12. The third kappa shape index (κ3) is 10.0. The van der Waals surface area contributed by atoms with E-state index in [0.29, 0.717) is 30.6 Å². The molecule has 0 fully saturated rings. The molecule has 0 spiro atoms. The largest absolute Gasteiger partial charge is 0.466 e. The summed E-state index contributed by atoms with van der Waals surface area (Å²) in [6.45, 7) is 4.19. The number of hydrogen-bond acceptors (Lipinski definition) is 6. The van der Waals surface area contributed by atoms with Crippen molar-refractivity contribution in [3.05, 3.63) is 39.4 Å². The second-order valence-corrected chi connectivity index (χ2v) is 6.88. The van der Waals surface area contributed by atoms with Crippen LogP contribution in [0.3, 0.4) is 0 Å². The van der Waals surface area contributed by atoms with Gasteiger partial charge in [0.15, 0.2) is 0 Å². The number of carbonyl (C=O) groups is 2. The van der Waals surface area contributed by atoms with Crippen LogP contribution in [0.2, 0.25) is 0 Å². The van der Waals surface area contributed by atoms with E-state index in [1.807, 2.05) is 6.92 Å². The fourth-order valence-corrected chi connectivity index (χ4v) is 2.71. The van der Waals surface area contributed by atoms with Crippen molar-refractivity contribution in [1.82, 2.24) is 0 Å². The highest BCUT2D eigenvalue weighted by molar-refractivity contribution is 5.69. The molecule has 0 saturated heterocycles. The number of carbonyl (C=O) groups excluding carboxylic acids is 2. The minimum atomic E-state index is -0.436. The summed E-state index contributed by atoms with van der Waals surface area (Å²) in [5.74, 6) is -0.412. The number of benzene rings is 1. The van der Waals surface area contributed by atoms with E-state index in [9.17, 15) is 19.7 Å². The molecule has 1 rings (SSSR count). The molecule has 0 aromatic heterocycles. The molecule has 0 amide bonds. The van der Waals surface area contributed by atoms with Gasteiger partial charge in [-0.25, -0.2) is 0 Å². The maximum absolute atomic E-state index is 11.8. The van der Waals surface area contributed by atoms with Gasteiger partial charge in [-0.1, -0.05) is 44.7 Å². The Bertz CT molecular complexity index is 644. The molecular formula is C21H31NO6. The zero-order valence-corrected chi connectivity index (χ0v) is 16.9. The van der Waals surface area contributed by atoms with E-state index in [4.69, 9.17) is 9.47 Å². The number of esters is 2. The minimum absolute atomic E-state index is 0.0344. The molecular weight excluding hydrogens is 362 g/mol. The van der Waals surface area contributed by atoms with Gasteiger partial charge in [0.2, 0.25) is 0 Å². The zero-order valence-electron chi connectivity index (χ0n) is 16.9. The fraction of sp³-hybridized carbons (Fsp3) is 0.619. The zero-order chi connectivity index (χ0) is 20.8. The van der Waals surface area contributed by atoms with Crippen molar-refractivity contribution in [2.75, 3.05) is 6.61 Å². The number of nitro benzene ring substituents is 1.